The lowest BCUT2D eigenvalue weighted by Gasteiger charge is -2.28. The van der Waals surface area contributed by atoms with Crippen molar-refractivity contribution in [2.24, 2.45) is 5.92 Å². The van der Waals surface area contributed by atoms with Crippen molar-refractivity contribution in [1.82, 2.24) is 5.32 Å². The van der Waals surface area contributed by atoms with Gasteiger partial charge >= 0.3 is 5.97 Å². The van der Waals surface area contributed by atoms with Gasteiger partial charge in [0.2, 0.25) is 5.91 Å². The van der Waals surface area contributed by atoms with Crippen molar-refractivity contribution >= 4 is 34.9 Å². The first kappa shape index (κ1) is 18.9. The van der Waals surface area contributed by atoms with Gasteiger partial charge < -0.3 is 15.3 Å². The van der Waals surface area contributed by atoms with E-state index < -0.39 is 17.6 Å². The highest BCUT2D eigenvalue weighted by atomic mass is 35.5. The number of fused-ring (bicyclic) bond motifs is 1. The molecular formula is C20H20ClFN2O4. The second-order valence-corrected chi connectivity index (χ2v) is 8.07. The number of amides is 1. The maximum atomic E-state index is 15.0. The first-order chi connectivity index (χ1) is 13.3. The number of anilines is 1. The van der Waals surface area contributed by atoms with Gasteiger partial charge in [-0.15, -0.1) is 0 Å². The van der Waals surface area contributed by atoms with Crippen LogP contribution in [-0.2, 0) is 9.59 Å². The van der Waals surface area contributed by atoms with Crippen LogP contribution in [0.1, 0.15) is 48.0 Å². The number of hydrogen-bond acceptors (Lipinski definition) is 4. The molecule has 3 aliphatic rings. The van der Waals surface area contributed by atoms with Crippen molar-refractivity contribution in [3.8, 4) is 0 Å². The monoisotopic (exact) mass is 406 g/mol. The summed E-state index contributed by atoms with van der Waals surface area (Å²) in [6.07, 6.45) is 3.97. The normalized spacial score (nSPS) is 24.0. The van der Waals surface area contributed by atoms with Crippen molar-refractivity contribution in [2.45, 2.75) is 38.1 Å². The van der Waals surface area contributed by atoms with Gasteiger partial charge in [-0.3, -0.25) is 9.59 Å². The van der Waals surface area contributed by atoms with Crippen LogP contribution in [0.2, 0.25) is 5.02 Å². The number of rotatable bonds is 4. The molecule has 1 aromatic rings. The van der Waals surface area contributed by atoms with Gasteiger partial charge in [0.05, 0.1) is 10.7 Å². The summed E-state index contributed by atoms with van der Waals surface area (Å²) < 4.78 is 15.0. The second-order valence-electron chi connectivity index (χ2n) is 7.69. The Labute approximate surface area is 166 Å². The van der Waals surface area contributed by atoms with Gasteiger partial charge in [0.15, 0.2) is 5.78 Å². The van der Waals surface area contributed by atoms with E-state index in [1.54, 1.807) is 4.90 Å². The van der Waals surface area contributed by atoms with Crippen molar-refractivity contribution in [3.05, 3.63) is 39.7 Å². The summed E-state index contributed by atoms with van der Waals surface area (Å²) in [6, 6.07) is 1.03. The SMILES string of the molecule is CC(=O)NC1CCN(c2c(F)cc3c(c2Cl)C(C2CC2)C=C(C(=O)O)C3=O)C1. The number of benzene rings is 1. The molecule has 6 nitrogen and oxygen atoms in total. The lowest BCUT2D eigenvalue weighted by molar-refractivity contribution is -0.132. The van der Waals surface area contributed by atoms with Crippen molar-refractivity contribution in [1.29, 1.82) is 0 Å². The first-order valence-corrected chi connectivity index (χ1v) is 9.69. The molecule has 1 aliphatic heterocycles. The Morgan fingerprint density at radius 2 is 2.04 bits per heavy atom. The molecule has 8 heteroatoms. The smallest absolute Gasteiger partial charge is 0.339 e. The third-order valence-corrected chi connectivity index (χ3v) is 6.06. The number of carbonyl (C=O) groups excluding carboxylic acids is 2. The fourth-order valence-corrected chi connectivity index (χ4v) is 4.71. The number of allylic oxidation sites excluding steroid dienone is 1. The molecule has 1 saturated carbocycles. The zero-order valence-electron chi connectivity index (χ0n) is 15.3. The fraction of sp³-hybridized carbons (Fsp3) is 0.450. The highest BCUT2D eigenvalue weighted by Crippen LogP contribution is 2.51. The summed E-state index contributed by atoms with van der Waals surface area (Å²) in [5.74, 6) is -2.90. The van der Waals surface area contributed by atoms with E-state index >= 15 is 0 Å². The molecule has 0 spiro atoms. The summed E-state index contributed by atoms with van der Waals surface area (Å²) in [5, 5.41) is 12.4. The number of nitrogens with zero attached hydrogens (tertiary/aromatic N) is 1. The number of carbonyl (C=O) groups is 3. The second kappa shape index (κ2) is 6.88. The molecule has 2 N–H and O–H groups in total. The number of Topliss-reactive ketones (excluding diaryl/α,β-unsaturated/α-hetero) is 1. The van der Waals surface area contributed by atoms with Crippen molar-refractivity contribution in [2.75, 3.05) is 18.0 Å². The highest BCUT2D eigenvalue weighted by Gasteiger charge is 2.42. The lowest BCUT2D eigenvalue weighted by atomic mass is 9.80. The Morgan fingerprint density at radius 1 is 1.32 bits per heavy atom. The minimum atomic E-state index is -1.31. The molecular weight excluding hydrogens is 387 g/mol. The minimum absolute atomic E-state index is 0.0423. The fourth-order valence-electron chi connectivity index (χ4n) is 4.27. The topological polar surface area (TPSA) is 86.7 Å². The van der Waals surface area contributed by atoms with Gasteiger partial charge in [-0.2, -0.15) is 0 Å². The standard InChI is InChI=1S/C20H20ClFN2O4/c1-9(25)23-11-4-5-24(8-11)18-15(22)7-13-16(17(18)21)12(10-2-3-10)6-14(19(13)26)20(27)28/h6-7,10-12H,2-5,8H2,1H3,(H,23,25)(H,27,28). The molecule has 28 heavy (non-hydrogen) atoms. The van der Waals surface area contributed by atoms with E-state index in [1.807, 2.05) is 0 Å². The van der Waals surface area contributed by atoms with E-state index in [1.165, 1.54) is 13.0 Å². The van der Waals surface area contributed by atoms with Crippen LogP contribution in [0.25, 0.3) is 0 Å². The molecule has 4 rings (SSSR count). The van der Waals surface area contributed by atoms with Crippen LogP contribution in [0, 0.1) is 11.7 Å². The van der Waals surface area contributed by atoms with Gasteiger partial charge in [0.1, 0.15) is 11.4 Å². The summed E-state index contributed by atoms with van der Waals surface area (Å²) in [5.41, 5.74) is 0.470. The molecule has 2 atom stereocenters. The molecule has 1 heterocycles. The number of nitrogens with one attached hydrogen (secondary N) is 1. The van der Waals surface area contributed by atoms with Crippen molar-refractivity contribution < 1.29 is 23.9 Å². The largest absolute Gasteiger partial charge is 0.478 e. The number of aliphatic carboxylic acids is 1. The van der Waals surface area contributed by atoms with Gasteiger partial charge in [-0.25, -0.2) is 9.18 Å². The van der Waals surface area contributed by atoms with E-state index in [-0.39, 0.29) is 45.6 Å². The molecule has 1 aromatic carbocycles. The Bertz CT molecular complexity index is 925. The zero-order valence-corrected chi connectivity index (χ0v) is 16.1. The van der Waals surface area contributed by atoms with E-state index in [9.17, 15) is 23.9 Å². The Morgan fingerprint density at radius 3 is 2.64 bits per heavy atom. The van der Waals surface area contributed by atoms with Crippen LogP contribution in [0.3, 0.4) is 0 Å². The minimum Gasteiger partial charge on any atom is -0.478 e. The summed E-state index contributed by atoms with van der Waals surface area (Å²) >= 11 is 6.63. The molecule has 2 unspecified atom stereocenters. The van der Waals surface area contributed by atoms with Crippen LogP contribution in [-0.4, -0.2) is 41.9 Å². The summed E-state index contributed by atoms with van der Waals surface area (Å²) in [4.78, 5) is 37.2. The molecule has 2 fully saturated rings. The molecule has 1 amide bonds. The highest BCUT2D eigenvalue weighted by molar-refractivity contribution is 6.36. The molecule has 0 aromatic heterocycles. The molecule has 1 saturated heterocycles. The van der Waals surface area contributed by atoms with E-state index in [0.29, 0.717) is 25.1 Å². The lowest BCUT2D eigenvalue weighted by Crippen LogP contribution is -2.36. The predicted octanol–water partition coefficient (Wildman–Crippen LogP) is 2.89. The average Bonchev–Trinajstić information content (AvgIpc) is 3.36. The van der Waals surface area contributed by atoms with Crippen LogP contribution in [0.15, 0.2) is 17.7 Å². The van der Waals surface area contributed by atoms with Gasteiger partial charge in [0, 0.05) is 37.5 Å². The average molecular weight is 407 g/mol. The number of ketones is 1. The first-order valence-electron chi connectivity index (χ1n) is 9.31. The summed E-state index contributed by atoms with van der Waals surface area (Å²) in [6.45, 7) is 2.39. The molecule has 2 aliphatic carbocycles. The third kappa shape index (κ3) is 3.17. The summed E-state index contributed by atoms with van der Waals surface area (Å²) in [7, 11) is 0. The van der Waals surface area contributed by atoms with Crippen LogP contribution < -0.4 is 10.2 Å². The third-order valence-electron chi connectivity index (χ3n) is 5.67. The number of carboxylic acid groups (broad SMARTS) is 1. The molecule has 148 valence electrons. The molecule has 0 bridgehead atoms. The van der Waals surface area contributed by atoms with Gasteiger partial charge in [0.25, 0.3) is 0 Å². The van der Waals surface area contributed by atoms with Crippen molar-refractivity contribution in [3.63, 3.8) is 0 Å². The Kier molecular flexibility index (Phi) is 4.65. The van der Waals surface area contributed by atoms with E-state index in [4.69, 9.17) is 11.6 Å². The zero-order chi connectivity index (χ0) is 20.2. The maximum Gasteiger partial charge on any atom is 0.339 e. The number of halogens is 2. The quantitative estimate of drug-likeness (QED) is 0.751. The Balaban J connectivity index is 1.76. The maximum absolute atomic E-state index is 15.0. The predicted molar refractivity (Wildman–Crippen MR) is 101 cm³/mol. The van der Waals surface area contributed by atoms with Gasteiger partial charge in [-0.05, 0) is 36.8 Å². The van der Waals surface area contributed by atoms with Crippen LogP contribution in [0.4, 0.5) is 10.1 Å². The van der Waals surface area contributed by atoms with E-state index in [0.717, 1.165) is 18.9 Å². The van der Waals surface area contributed by atoms with E-state index in [2.05, 4.69) is 5.32 Å². The number of carboxylic acids is 1. The molecule has 0 radical (unpaired) electrons. The van der Waals surface area contributed by atoms with Crippen LogP contribution in [0.5, 0.6) is 0 Å². The Hall–Kier alpha value is -2.41. The van der Waals surface area contributed by atoms with Crippen LogP contribution >= 0.6 is 11.6 Å². The van der Waals surface area contributed by atoms with Gasteiger partial charge in [-0.1, -0.05) is 17.7 Å². The number of hydrogen-bond donors (Lipinski definition) is 2.